The maximum absolute atomic E-state index is 13.2. The lowest BCUT2D eigenvalue weighted by atomic mass is 10.0. The van der Waals surface area contributed by atoms with Gasteiger partial charge in [-0.2, -0.15) is 4.98 Å². The van der Waals surface area contributed by atoms with Gasteiger partial charge >= 0.3 is 0 Å². The second kappa shape index (κ2) is 10.0. The molecule has 2 aliphatic heterocycles. The van der Waals surface area contributed by atoms with Crippen LogP contribution in [0.2, 0.25) is 10.0 Å². The van der Waals surface area contributed by atoms with E-state index in [1.54, 1.807) is 31.1 Å². The Hall–Kier alpha value is -3.90. The third-order valence-corrected chi connectivity index (χ3v) is 7.54. The van der Waals surface area contributed by atoms with Crippen molar-refractivity contribution in [3.63, 3.8) is 0 Å². The molecular weight excluding hydrogens is 563 g/mol. The van der Waals surface area contributed by atoms with Gasteiger partial charge in [0.05, 0.1) is 14.9 Å². The molecule has 13 heteroatoms. The van der Waals surface area contributed by atoms with Crippen molar-refractivity contribution >= 4 is 39.0 Å². The molecule has 5 rings (SSSR count). The first-order chi connectivity index (χ1) is 18.4. The van der Waals surface area contributed by atoms with Gasteiger partial charge < -0.3 is 10.0 Å². The molecule has 0 amide bonds. The van der Waals surface area contributed by atoms with Crippen LogP contribution in [0.5, 0.6) is 5.75 Å². The highest BCUT2D eigenvalue weighted by Gasteiger charge is 2.27. The Morgan fingerprint density at radius 1 is 0.974 bits per heavy atom. The highest BCUT2D eigenvalue weighted by Crippen LogP contribution is 2.37. The molecule has 0 unspecified atom stereocenters. The molecule has 10 nitrogen and oxygen atoms in total. The maximum Gasteiger partial charge on any atom is 0.286 e. The topological polar surface area (TPSA) is 147 Å². The summed E-state index contributed by atoms with van der Waals surface area (Å²) in [5.41, 5.74) is 2.71. The first-order valence-electron chi connectivity index (χ1n) is 11.5. The van der Waals surface area contributed by atoms with Gasteiger partial charge in [-0.25, -0.2) is 23.2 Å². The minimum atomic E-state index is -4.05. The largest absolute Gasteiger partial charge is 0.508 e. The molecular formula is C26H22Cl2N6O4S. The van der Waals surface area contributed by atoms with Gasteiger partial charge in [-0.15, -0.1) is 0 Å². The number of sulfonamides is 1. The second-order valence-corrected chi connectivity index (χ2v) is 11.4. The predicted octanol–water partition coefficient (Wildman–Crippen LogP) is 4.04. The number of halogens is 2. The van der Waals surface area contributed by atoms with Crippen molar-refractivity contribution in [2.75, 3.05) is 19.0 Å². The molecule has 0 bridgehead atoms. The van der Waals surface area contributed by atoms with Crippen molar-refractivity contribution in [3.05, 3.63) is 92.5 Å². The number of aromatic amines is 1. The number of anilines is 1. The van der Waals surface area contributed by atoms with Crippen molar-refractivity contribution in [2.24, 2.45) is 5.14 Å². The average Bonchev–Trinajstić information content (AvgIpc) is 3.24. The summed E-state index contributed by atoms with van der Waals surface area (Å²) in [4.78, 5) is 23.5. The fourth-order valence-electron chi connectivity index (χ4n) is 4.19. The summed E-state index contributed by atoms with van der Waals surface area (Å²) >= 11 is 12.9. The molecule has 0 fully saturated rings. The molecule has 2 heterocycles. The number of aromatic nitrogens is 4. The van der Waals surface area contributed by atoms with Gasteiger partial charge in [0.25, 0.3) is 5.56 Å². The van der Waals surface area contributed by atoms with Crippen LogP contribution in [0, 0.1) is 0 Å². The molecule has 0 spiro atoms. The van der Waals surface area contributed by atoms with Gasteiger partial charge in [0.15, 0.2) is 5.82 Å². The molecule has 0 radical (unpaired) electrons. The van der Waals surface area contributed by atoms with Crippen molar-refractivity contribution in [3.8, 4) is 34.0 Å². The number of hydrogen-bond donors (Lipinski definition) is 3. The first kappa shape index (κ1) is 26.7. The zero-order chi connectivity index (χ0) is 28.1. The lowest BCUT2D eigenvalue weighted by Crippen LogP contribution is -2.19. The van der Waals surface area contributed by atoms with Gasteiger partial charge in [0, 0.05) is 20.5 Å². The van der Waals surface area contributed by atoms with Crippen molar-refractivity contribution < 1.29 is 13.5 Å². The molecule has 0 saturated carbocycles. The minimum absolute atomic E-state index is 0.0117. The number of nitrogens with zero attached hydrogens (tertiary/aromatic N) is 4. The third-order valence-electron chi connectivity index (χ3n) is 6.08. The number of nitrogens with two attached hydrogens (primary N) is 1. The zero-order valence-corrected chi connectivity index (χ0v) is 23.0. The van der Waals surface area contributed by atoms with E-state index in [0.29, 0.717) is 5.82 Å². The van der Waals surface area contributed by atoms with E-state index >= 15 is 0 Å². The first-order valence-corrected chi connectivity index (χ1v) is 13.8. The van der Waals surface area contributed by atoms with E-state index in [9.17, 15) is 18.3 Å². The molecule has 200 valence electrons. The number of hydrogen-bond acceptors (Lipinski definition) is 7. The molecule has 39 heavy (non-hydrogen) atoms. The van der Waals surface area contributed by atoms with E-state index in [4.69, 9.17) is 28.3 Å². The van der Waals surface area contributed by atoms with E-state index in [-0.39, 0.29) is 50.0 Å². The van der Waals surface area contributed by atoms with Crippen LogP contribution in [0.25, 0.3) is 28.2 Å². The van der Waals surface area contributed by atoms with E-state index in [1.165, 1.54) is 16.8 Å². The number of aromatic hydroxyl groups is 1. The van der Waals surface area contributed by atoms with Crippen LogP contribution in [0.3, 0.4) is 0 Å². The number of primary sulfonamides is 1. The summed E-state index contributed by atoms with van der Waals surface area (Å²) in [5.74, 6) is 1.11. The Kier molecular flexibility index (Phi) is 6.85. The third kappa shape index (κ3) is 5.21. The van der Waals surface area contributed by atoms with Gasteiger partial charge in [-0.05, 0) is 41.0 Å². The SMILES string of the molecule is CN(C)c1[nH]n(-c2c(Cl)cc(S(N)(=O)=O)cc2Cl)c2nc(Cc3ccc(-c4ccc(O)cc4)cc3)nc(=O)c1-2. The lowest BCUT2D eigenvalue weighted by molar-refractivity contribution is 0.475. The Morgan fingerprint density at radius 2 is 1.54 bits per heavy atom. The number of benzene rings is 3. The molecule has 3 aromatic rings. The van der Waals surface area contributed by atoms with Gasteiger partial charge in [-0.1, -0.05) is 59.6 Å². The number of phenols is 1. The van der Waals surface area contributed by atoms with Crippen LogP contribution in [0.4, 0.5) is 5.82 Å². The fraction of sp³-hybridized carbons (Fsp3) is 0.115. The van der Waals surface area contributed by atoms with Gasteiger partial charge in [-0.3, -0.25) is 9.89 Å². The number of H-pyrrole nitrogens is 1. The number of nitrogens with one attached hydrogen (secondary N) is 1. The van der Waals surface area contributed by atoms with E-state index in [2.05, 4.69) is 15.1 Å². The van der Waals surface area contributed by atoms with Crippen LogP contribution >= 0.6 is 23.2 Å². The van der Waals surface area contributed by atoms with E-state index in [1.807, 2.05) is 36.4 Å². The summed E-state index contributed by atoms with van der Waals surface area (Å²) in [5, 5.41) is 17.8. The summed E-state index contributed by atoms with van der Waals surface area (Å²) in [6.45, 7) is 0. The molecule has 0 aliphatic carbocycles. The summed E-state index contributed by atoms with van der Waals surface area (Å²) in [7, 11) is -0.568. The monoisotopic (exact) mass is 584 g/mol. The molecule has 3 aromatic carbocycles. The average molecular weight is 585 g/mol. The Morgan fingerprint density at radius 3 is 2.08 bits per heavy atom. The normalized spacial score (nSPS) is 11.7. The summed E-state index contributed by atoms with van der Waals surface area (Å²) in [6.07, 6.45) is 0.273. The minimum Gasteiger partial charge on any atom is -0.508 e. The zero-order valence-electron chi connectivity index (χ0n) is 20.7. The molecule has 4 N–H and O–H groups in total. The van der Waals surface area contributed by atoms with E-state index < -0.39 is 15.6 Å². The van der Waals surface area contributed by atoms with E-state index in [0.717, 1.165) is 16.7 Å². The molecule has 2 aliphatic rings. The second-order valence-electron chi connectivity index (χ2n) is 9.03. The Labute approximate surface area is 233 Å². The standard InChI is InChI=1S/C26H22Cl2N6O4S/c1-33(2)25-22-24(34(32-25)23-19(27)12-18(13-20(23)28)39(29,37)38)30-21(31-26(22)36)11-14-3-5-15(6-4-14)16-7-9-17(35)10-8-16/h3-10,12-13,32,35H,11H2,1-2H3,(H2,29,37,38). The van der Waals surface area contributed by atoms with Crippen molar-refractivity contribution in [1.29, 1.82) is 0 Å². The molecule has 0 aromatic heterocycles. The van der Waals surface area contributed by atoms with Crippen LogP contribution in [-0.4, -0.2) is 47.4 Å². The highest BCUT2D eigenvalue weighted by molar-refractivity contribution is 7.89. The summed E-state index contributed by atoms with van der Waals surface area (Å²) < 4.78 is 25.1. The number of phenolic OH excluding ortho intramolecular Hbond substituents is 1. The Balaban J connectivity index is 1.58. The lowest BCUT2D eigenvalue weighted by Gasteiger charge is -2.12. The summed E-state index contributed by atoms with van der Waals surface area (Å²) in [6, 6.07) is 17.0. The van der Waals surface area contributed by atoms with Crippen LogP contribution in [0.1, 0.15) is 11.4 Å². The van der Waals surface area contributed by atoms with Crippen molar-refractivity contribution in [1.82, 2.24) is 19.7 Å². The van der Waals surface area contributed by atoms with Crippen LogP contribution in [-0.2, 0) is 16.4 Å². The fourth-order valence-corrected chi connectivity index (χ4v) is 5.54. The highest BCUT2D eigenvalue weighted by atomic mass is 35.5. The predicted molar refractivity (Wildman–Crippen MR) is 151 cm³/mol. The number of fused-ring (bicyclic) bond motifs is 1. The molecule has 0 saturated heterocycles. The van der Waals surface area contributed by atoms with Gasteiger partial charge in [0.1, 0.15) is 28.6 Å². The van der Waals surface area contributed by atoms with Crippen LogP contribution < -0.4 is 15.6 Å². The smallest absolute Gasteiger partial charge is 0.286 e. The quantitative estimate of drug-likeness (QED) is 0.273. The number of rotatable bonds is 6. The Bertz CT molecular complexity index is 1810. The van der Waals surface area contributed by atoms with Crippen LogP contribution in [0.15, 0.2) is 70.4 Å². The molecule has 0 atom stereocenters. The maximum atomic E-state index is 13.2. The van der Waals surface area contributed by atoms with Crippen molar-refractivity contribution in [2.45, 2.75) is 11.3 Å². The van der Waals surface area contributed by atoms with Gasteiger partial charge in [0.2, 0.25) is 10.0 Å².